The van der Waals surface area contributed by atoms with Gasteiger partial charge in [0.25, 0.3) is 0 Å². The third-order valence-electron chi connectivity index (χ3n) is 3.29. The summed E-state index contributed by atoms with van der Waals surface area (Å²) in [5.41, 5.74) is 2.98. The Labute approximate surface area is 135 Å². The topological polar surface area (TPSA) is 89.0 Å². The Morgan fingerprint density at radius 1 is 1.35 bits per heavy atom. The quantitative estimate of drug-likeness (QED) is 0.462. The number of hydrazone groups is 1. The second-order valence-corrected chi connectivity index (χ2v) is 5.05. The van der Waals surface area contributed by atoms with Crippen LogP contribution in [0.15, 0.2) is 29.4 Å². The van der Waals surface area contributed by atoms with Crippen LogP contribution >= 0.6 is 0 Å². The van der Waals surface area contributed by atoms with E-state index < -0.39 is 11.8 Å². The van der Waals surface area contributed by atoms with E-state index in [2.05, 4.69) is 15.8 Å². The first-order chi connectivity index (χ1) is 11.2. The number of rotatable bonds is 6. The number of nitrogens with zero attached hydrogens (tertiary/aromatic N) is 1. The van der Waals surface area contributed by atoms with Crippen molar-refractivity contribution < 1.29 is 19.1 Å². The molecule has 1 aromatic carbocycles. The van der Waals surface area contributed by atoms with Crippen molar-refractivity contribution in [3.63, 3.8) is 0 Å². The van der Waals surface area contributed by atoms with Gasteiger partial charge in [-0.05, 0) is 49.6 Å². The summed E-state index contributed by atoms with van der Waals surface area (Å²) in [6, 6.07) is 7.22. The third-order valence-corrected chi connectivity index (χ3v) is 3.29. The summed E-state index contributed by atoms with van der Waals surface area (Å²) < 4.78 is 10.7. The SMILES string of the molecule is CCOc1ccc(/C=N/NC(=O)C(=O)NCC2CCCO2)cc1. The van der Waals surface area contributed by atoms with Crippen molar-refractivity contribution in [3.05, 3.63) is 29.8 Å². The molecule has 124 valence electrons. The van der Waals surface area contributed by atoms with Gasteiger partial charge in [-0.15, -0.1) is 0 Å². The van der Waals surface area contributed by atoms with Crippen LogP contribution in [0.2, 0.25) is 0 Å². The number of nitrogens with one attached hydrogen (secondary N) is 2. The van der Waals surface area contributed by atoms with E-state index >= 15 is 0 Å². The molecule has 1 saturated heterocycles. The summed E-state index contributed by atoms with van der Waals surface area (Å²) in [6.07, 6.45) is 3.34. The maximum absolute atomic E-state index is 11.6. The second kappa shape index (κ2) is 8.89. The van der Waals surface area contributed by atoms with E-state index in [-0.39, 0.29) is 6.10 Å². The fourth-order valence-corrected chi connectivity index (χ4v) is 2.13. The van der Waals surface area contributed by atoms with Crippen LogP contribution in [0.1, 0.15) is 25.3 Å². The molecule has 1 aliphatic heterocycles. The smallest absolute Gasteiger partial charge is 0.329 e. The molecule has 0 spiro atoms. The number of hydrogen-bond donors (Lipinski definition) is 2. The van der Waals surface area contributed by atoms with E-state index in [9.17, 15) is 9.59 Å². The van der Waals surface area contributed by atoms with Gasteiger partial charge in [-0.25, -0.2) is 5.43 Å². The lowest BCUT2D eigenvalue weighted by atomic mass is 10.2. The lowest BCUT2D eigenvalue weighted by Crippen LogP contribution is -2.41. The standard InChI is InChI=1S/C16H21N3O4/c1-2-22-13-7-5-12(6-8-13)10-18-19-16(21)15(20)17-11-14-4-3-9-23-14/h5-8,10,14H,2-4,9,11H2,1H3,(H,17,20)(H,19,21)/b18-10+. The Bertz CT molecular complexity index is 551. The minimum absolute atomic E-state index is 0.000828. The number of ether oxygens (including phenoxy) is 2. The molecule has 7 nitrogen and oxygen atoms in total. The first kappa shape index (κ1) is 17.0. The number of hydrogen-bond acceptors (Lipinski definition) is 5. The zero-order chi connectivity index (χ0) is 16.5. The number of benzene rings is 1. The molecule has 0 aliphatic carbocycles. The van der Waals surface area contributed by atoms with E-state index in [4.69, 9.17) is 9.47 Å². The van der Waals surface area contributed by atoms with Gasteiger partial charge in [0.05, 0.1) is 18.9 Å². The van der Waals surface area contributed by atoms with Crippen molar-refractivity contribution >= 4 is 18.0 Å². The molecule has 0 radical (unpaired) electrons. The maximum Gasteiger partial charge on any atom is 0.329 e. The fraction of sp³-hybridized carbons (Fsp3) is 0.438. The van der Waals surface area contributed by atoms with E-state index in [0.717, 1.165) is 24.2 Å². The minimum Gasteiger partial charge on any atom is -0.494 e. The van der Waals surface area contributed by atoms with Crippen molar-refractivity contribution in [1.82, 2.24) is 10.7 Å². The molecular formula is C16H21N3O4. The minimum atomic E-state index is -0.801. The van der Waals surface area contributed by atoms with E-state index in [1.54, 1.807) is 24.3 Å². The van der Waals surface area contributed by atoms with Gasteiger partial charge in [0.15, 0.2) is 0 Å². The Hall–Kier alpha value is -2.41. The first-order valence-corrected chi connectivity index (χ1v) is 7.64. The predicted octanol–water partition coefficient (Wildman–Crippen LogP) is 0.831. The fourth-order valence-electron chi connectivity index (χ4n) is 2.13. The molecule has 1 fully saturated rings. The summed E-state index contributed by atoms with van der Waals surface area (Å²) in [7, 11) is 0. The summed E-state index contributed by atoms with van der Waals surface area (Å²) in [6.45, 7) is 3.56. The Morgan fingerprint density at radius 2 is 2.13 bits per heavy atom. The number of carbonyl (C=O) groups excluding carboxylic acids is 2. The summed E-state index contributed by atoms with van der Waals surface area (Å²) in [4.78, 5) is 23.2. The van der Waals surface area contributed by atoms with Crippen LogP contribution in [0.3, 0.4) is 0 Å². The summed E-state index contributed by atoms with van der Waals surface area (Å²) >= 11 is 0. The van der Waals surface area contributed by atoms with Crippen molar-refractivity contribution in [2.24, 2.45) is 5.10 Å². The van der Waals surface area contributed by atoms with Crippen LogP contribution < -0.4 is 15.5 Å². The maximum atomic E-state index is 11.6. The molecule has 2 rings (SSSR count). The highest BCUT2D eigenvalue weighted by atomic mass is 16.5. The molecule has 1 aliphatic rings. The van der Waals surface area contributed by atoms with Crippen LogP contribution in [-0.4, -0.2) is 43.9 Å². The van der Waals surface area contributed by atoms with Crippen LogP contribution in [-0.2, 0) is 14.3 Å². The third kappa shape index (κ3) is 5.71. The van der Waals surface area contributed by atoms with Crippen molar-refractivity contribution in [2.75, 3.05) is 19.8 Å². The Kier molecular flexibility index (Phi) is 6.56. The highest BCUT2D eigenvalue weighted by molar-refractivity contribution is 6.35. The normalized spacial score (nSPS) is 17.2. The van der Waals surface area contributed by atoms with E-state index in [0.29, 0.717) is 19.8 Å². The molecule has 1 heterocycles. The Morgan fingerprint density at radius 3 is 2.78 bits per heavy atom. The number of amides is 2. The van der Waals surface area contributed by atoms with Crippen molar-refractivity contribution in [3.8, 4) is 5.75 Å². The van der Waals surface area contributed by atoms with Crippen molar-refractivity contribution in [1.29, 1.82) is 0 Å². The second-order valence-electron chi connectivity index (χ2n) is 5.05. The monoisotopic (exact) mass is 319 g/mol. The molecule has 1 aromatic rings. The lowest BCUT2D eigenvalue weighted by Gasteiger charge is -2.09. The van der Waals surface area contributed by atoms with Crippen LogP contribution in [0, 0.1) is 0 Å². The van der Waals surface area contributed by atoms with Gasteiger partial charge in [-0.2, -0.15) is 5.10 Å². The van der Waals surface area contributed by atoms with Gasteiger partial charge in [-0.1, -0.05) is 0 Å². The predicted molar refractivity (Wildman–Crippen MR) is 85.3 cm³/mol. The zero-order valence-electron chi connectivity index (χ0n) is 13.1. The van der Waals surface area contributed by atoms with Gasteiger partial charge in [0, 0.05) is 13.2 Å². The van der Waals surface area contributed by atoms with Gasteiger partial charge < -0.3 is 14.8 Å². The van der Waals surface area contributed by atoms with Crippen LogP contribution in [0.5, 0.6) is 5.75 Å². The van der Waals surface area contributed by atoms with Crippen LogP contribution in [0.25, 0.3) is 0 Å². The molecule has 0 saturated carbocycles. The van der Waals surface area contributed by atoms with E-state index in [1.165, 1.54) is 6.21 Å². The molecule has 2 amide bonds. The average Bonchev–Trinajstić information content (AvgIpc) is 3.08. The zero-order valence-corrected chi connectivity index (χ0v) is 13.1. The van der Waals surface area contributed by atoms with Gasteiger partial charge >= 0.3 is 11.8 Å². The highest BCUT2D eigenvalue weighted by Crippen LogP contribution is 2.11. The first-order valence-electron chi connectivity index (χ1n) is 7.64. The summed E-state index contributed by atoms with van der Waals surface area (Å²) in [5.74, 6) is -0.753. The molecule has 2 N–H and O–H groups in total. The van der Waals surface area contributed by atoms with Gasteiger partial charge in [-0.3, -0.25) is 9.59 Å². The Balaban J connectivity index is 1.72. The molecule has 23 heavy (non-hydrogen) atoms. The molecule has 0 aromatic heterocycles. The van der Waals surface area contributed by atoms with Crippen molar-refractivity contribution in [2.45, 2.75) is 25.9 Å². The molecule has 0 bridgehead atoms. The molecule has 1 unspecified atom stereocenters. The number of carbonyl (C=O) groups is 2. The molecule has 7 heteroatoms. The van der Waals surface area contributed by atoms with Gasteiger partial charge in [0.1, 0.15) is 5.75 Å². The van der Waals surface area contributed by atoms with E-state index in [1.807, 2.05) is 6.92 Å². The largest absolute Gasteiger partial charge is 0.494 e. The van der Waals surface area contributed by atoms with Crippen LogP contribution in [0.4, 0.5) is 0 Å². The molecular weight excluding hydrogens is 298 g/mol. The van der Waals surface area contributed by atoms with Gasteiger partial charge in [0.2, 0.25) is 0 Å². The molecule has 1 atom stereocenters. The summed E-state index contributed by atoms with van der Waals surface area (Å²) in [5, 5.41) is 6.29. The lowest BCUT2D eigenvalue weighted by molar-refractivity contribution is -0.139. The highest BCUT2D eigenvalue weighted by Gasteiger charge is 2.18. The average molecular weight is 319 g/mol.